The van der Waals surface area contributed by atoms with E-state index in [0.29, 0.717) is 19.4 Å². The van der Waals surface area contributed by atoms with E-state index < -0.39 is 5.41 Å². The van der Waals surface area contributed by atoms with Gasteiger partial charge < -0.3 is 10.4 Å². The average molecular weight is 194 g/mol. The second-order valence-electron chi connectivity index (χ2n) is 4.53. The second-order valence-corrected chi connectivity index (χ2v) is 4.53. The molecule has 2 aliphatic rings. The summed E-state index contributed by atoms with van der Waals surface area (Å²) in [5, 5.41) is 20.6. The predicted molar refractivity (Wildman–Crippen MR) is 49.0 cm³/mol. The Balaban J connectivity index is 1.82. The van der Waals surface area contributed by atoms with Crippen molar-refractivity contribution in [2.45, 2.75) is 25.7 Å². The minimum Gasteiger partial charge on any atom is -0.396 e. The van der Waals surface area contributed by atoms with Crippen LogP contribution in [0.15, 0.2) is 0 Å². The number of hydrogen-bond donors (Lipinski definition) is 2. The van der Waals surface area contributed by atoms with Crippen molar-refractivity contribution in [2.24, 2.45) is 10.8 Å². The van der Waals surface area contributed by atoms with Gasteiger partial charge in [-0.05, 0) is 25.7 Å². The summed E-state index contributed by atoms with van der Waals surface area (Å²) in [6, 6.07) is 2.05. The third-order valence-electron chi connectivity index (χ3n) is 3.32. The van der Waals surface area contributed by atoms with E-state index in [9.17, 15) is 4.79 Å². The Bertz CT molecular complexity index is 298. The number of hydrogen-bond acceptors (Lipinski definition) is 3. The predicted octanol–water partition coefficient (Wildman–Crippen LogP) is 0.179. The minimum absolute atomic E-state index is 0.0683. The molecule has 2 saturated carbocycles. The van der Waals surface area contributed by atoms with Crippen molar-refractivity contribution in [1.82, 2.24) is 5.32 Å². The van der Waals surface area contributed by atoms with Crippen LogP contribution in [0.25, 0.3) is 0 Å². The van der Waals surface area contributed by atoms with E-state index in [2.05, 4.69) is 11.4 Å². The third-order valence-corrected chi connectivity index (χ3v) is 3.32. The lowest BCUT2D eigenvalue weighted by atomic mass is 10.1. The Morgan fingerprint density at radius 2 is 2.07 bits per heavy atom. The van der Waals surface area contributed by atoms with Gasteiger partial charge in [-0.3, -0.25) is 4.79 Å². The zero-order chi connectivity index (χ0) is 10.2. The molecular weight excluding hydrogens is 180 g/mol. The van der Waals surface area contributed by atoms with Crippen LogP contribution in [0.4, 0.5) is 0 Å². The fraction of sp³-hybridized carbons (Fsp3) is 0.800. The summed E-state index contributed by atoms with van der Waals surface area (Å²) in [7, 11) is 0. The van der Waals surface area contributed by atoms with Crippen molar-refractivity contribution in [3.63, 3.8) is 0 Å². The lowest BCUT2D eigenvalue weighted by Crippen LogP contribution is -2.36. The maximum absolute atomic E-state index is 11.5. The summed E-state index contributed by atoms with van der Waals surface area (Å²) < 4.78 is 0. The molecule has 0 unspecified atom stereocenters. The monoisotopic (exact) mass is 194 g/mol. The number of nitrogens with zero attached hydrogens (tertiary/aromatic N) is 1. The third kappa shape index (κ3) is 1.48. The number of amides is 1. The van der Waals surface area contributed by atoms with Gasteiger partial charge in [0.25, 0.3) is 0 Å². The molecule has 2 N–H and O–H groups in total. The number of aliphatic hydroxyl groups excluding tert-OH is 1. The van der Waals surface area contributed by atoms with E-state index in [0.717, 1.165) is 12.8 Å². The first kappa shape index (κ1) is 9.47. The molecule has 0 bridgehead atoms. The van der Waals surface area contributed by atoms with Crippen molar-refractivity contribution in [1.29, 1.82) is 5.26 Å². The van der Waals surface area contributed by atoms with Gasteiger partial charge in [-0.1, -0.05) is 0 Å². The van der Waals surface area contributed by atoms with Gasteiger partial charge >= 0.3 is 0 Å². The van der Waals surface area contributed by atoms with Gasteiger partial charge in [0.05, 0.1) is 12.7 Å². The molecule has 0 saturated heterocycles. The molecule has 0 heterocycles. The van der Waals surface area contributed by atoms with Crippen molar-refractivity contribution in [3.05, 3.63) is 0 Å². The summed E-state index contributed by atoms with van der Waals surface area (Å²) in [5.74, 6) is -0.153. The fourth-order valence-corrected chi connectivity index (χ4v) is 1.52. The molecule has 2 rings (SSSR count). The zero-order valence-corrected chi connectivity index (χ0v) is 8.05. The van der Waals surface area contributed by atoms with E-state index in [1.807, 2.05) is 0 Å². The Labute approximate surface area is 82.9 Å². The van der Waals surface area contributed by atoms with Crippen LogP contribution in [0.5, 0.6) is 0 Å². The van der Waals surface area contributed by atoms with E-state index in [1.165, 1.54) is 0 Å². The molecule has 0 aromatic carbocycles. The van der Waals surface area contributed by atoms with Crippen molar-refractivity contribution in [3.8, 4) is 6.07 Å². The molecule has 76 valence electrons. The van der Waals surface area contributed by atoms with Gasteiger partial charge in [0.1, 0.15) is 5.41 Å². The molecule has 2 aliphatic carbocycles. The summed E-state index contributed by atoms with van der Waals surface area (Å²) in [6.45, 7) is 0.651. The zero-order valence-electron chi connectivity index (χ0n) is 8.05. The molecule has 0 atom stereocenters. The van der Waals surface area contributed by atoms with Crippen LogP contribution in [-0.2, 0) is 4.79 Å². The molecule has 2 fully saturated rings. The van der Waals surface area contributed by atoms with Crippen LogP contribution in [0, 0.1) is 22.2 Å². The largest absolute Gasteiger partial charge is 0.396 e. The number of carbonyl (C=O) groups excluding carboxylic acids is 1. The van der Waals surface area contributed by atoms with E-state index in [-0.39, 0.29) is 17.9 Å². The molecule has 4 nitrogen and oxygen atoms in total. The highest BCUT2D eigenvalue weighted by atomic mass is 16.3. The first-order chi connectivity index (χ1) is 6.66. The Morgan fingerprint density at radius 3 is 2.43 bits per heavy atom. The fourth-order valence-electron chi connectivity index (χ4n) is 1.52. The van der Waals surface area contributed by atoms with Gasteiger partial charge in [-0.2, -0.15) is 5.26 Å². The Hall–Kier alpha value is -1.08. The van der Waals surface area contributed by atoms with Crippen LogP contribution in [0.2, 0.25) is 0 Å². The number of nitrogens with one attached hydrogen (secondary N) is 1. The first-order valence-electron chi connectivity index (χ1n) is 4.97. The number of rotatable bonds is 4. The summed E-state index contributed by atoms with van der Waals surface area (Å²) in [6.07, 6.45) is 3.32. The highest BCUT2D eigenvalue weighted by Gasteiger charge is 2.51. The van der Waals surface area contributed by atoms with Crippen molar-refractivity contribution >= 4 is 5.91 Å². The molecule has 0 spiro atoms. The van der Waals surface area contributed by atoms with Gasteiger partial charge in [0.15, 0.2) is 0 Å². The Morgan fingerprint density at radius 1 is 1.43 bits per heavy atom. The standard InChI is InChI=1S/C10H14N2O2/c11-5-10(3-4-10)8(14)12-6-9(7-13)1-2-9/h13H,1-4,6-7H2,(H,12,14). The molecule has 14 heavy (non-hydrogen) atoms. The quantitative estimate of drug-likeness (QED) is 0.670. The van der Waals surface area contributed by atoms with Crippen LogP contribution >= 0.6 is 0 Å². The maximum Gasteiger partial charge on any atom is 0.240 e. The summed E-state index contributed by atoms with van der Waals surface area (Å²) >= 11 is 0. The van der Waals surface area contributed by atoms with Gasteiger partial charge in [0, 0.05) is 12.0 Å². The molecule has 0 aromatic rings. The highest BCUT2D eigenvalue weighted by Crippen LogP contribution is 2.47. The molecule has 1 amide bonds. The maximum atomic E-state index is 11.5. The molecule has 4 heteroatoms. The number of carbonyl (C=O) groups is 1. The summed E-state index contributed by atoms with van der Waals surface area (Å²) in [5.41, 5.74) is -0.799. The minimum atomic E-state index is -0.731. The molecule has 0 radical (unpaired) electrons. The smallest absolute Gasteiger partial charge is 0.240 e. The SMILES string of the molecule is N#CC1(C(=O)NCC2(CO)CC2)CC1. The van der Waals surface area contributed by atoms with Crippen LogP contribution in [0.3, 0.4) is 0 Å². The molecule has 0 aliphatic heterocycles. The van der Waals surface area contributed by atoms with E-state index >= 15 is 0 Å². The summed E-state index contributed by atoms with van der Waals surface area (Å²) in [4.78, 5) is 11.5. The van der Waals surface area contributed by atoms with Crippen LogP contribution in [-0.4, -0.2) is 24.2 Å². The average Bonchev–Trinajstić information content (AvgIpc) is 3.10. The lowest BCUT2D eigenvalue weighted by Gasteiger charge is -2.14. The van der Waals surface area contributed by atoms with Gasteiger partial charge in [-0.25, -0.2) is 0 Å². The van der Waals surface area contributed by atoms with Gasteiger partial charge in [-0.15, -0.1) is 0 Å². The normalized spacial score (nSPS) is 24.9. The molecular formula is C10H14N2O2. The second kappa shape index (κ2) is 2.96. The van der Waals surface area contributed by atoms with Crippen molar-refractivity contribution < 1.29 is 9.90 Å². The van der Waals surface area contributed by atoms with Crippen LogP contribution < -0.4 is 5.32 Å². The van der Waals surface area contributed by atoms with Crippen LogP contribution in [0.1, 0.15) is 25.7 Å². The number of nitriles is 1. The lowest BCUT2D eigenvalue weighted by molar-refractivity contribution is -0.124. The first-order valence-corrected chi connectivity index (χ1v) is 4.97. The molecule has 0 aromatic heterocycles. The van der Waals surface area contributed by atoms with E-state index in [4.69, 9.17) is 10.4 Å². The van der Waals surface area contributed by atoms with Crippen molar-refractivity contribution in [2.75, 3.05) is 13.2 Å². The topological polar surface area (TPSA) is 73.1 Å². The van der Waals surface area contributed by atoms with E-state index in [1.54, 1.807) is 0 Å². The van der Waals surface area contributed by atoms with Gasteiger partial charge in [0.2, 0.25) is 5.91 Å². The number of aliphatic hydroxyl groups is 1. The Kier molecular flexibility index (Phi) is 2.00. The highest BCUT2D eigenvalue weighted by molar-refractivity contribution is 5.88.